The van der Waals surface area contributed by atoms with Crippen LogP contribution in [0.4, 0.5) is 5.69 Å². The van der Waals surface area contributed by atoms with Gasteiger partial charge in [-0.25, -0.2) is 0 Å². The topological polar surface area (TPSA) is 84.1 Å². The number of amides is 1. The molecule has 2 rings (SSSR count). The molecule has 6 nitrogen and oxygen atoms in total. The fourth-order valence-corrected chi connectivity index (χ4v) is 2.08. The van der Waals surface area contributed by atoms with Crippen LogP contribution in [0, 0.1) is 0 Å². The summed E-state index contributed by atoms with van der Waals surface area (Å²) in [6, 6.07) is 8.69. The number of nitrogens with zero attached hydrogens (tertiary/aromatic N) is 1. The van der Waals surface area contributed by atoms with E-state index in [1.54, 1.807) is 0 Å². The van der Waals surface area contributed by atoms with Gasteiger partial charge in [0.2, 0.25) is 0 Å². The fraction of sp³-hybridized carbons (Fsp3) is 0.312. The number of ether oxygens (including phenoxy) is 1. The number of hydrogen-bond acceptors (Lipinski definition) is 4. The summed E-state index contributed by atoms with van der Waals surface area (Å²) in [5.74, 6) is -0.457. The molecule has 1 amide bonds. The minimum absolute atomic E-state index is 0.00163. The van der Waals surface area contributed by atoms with Crippen molar-refractivity contribution in [3.63, 3.8) is 0 Å². The van der Waals surface area contributed by atoms with Crippen LogP contribution in [0.3, 0.4) is 0 Å². The lowest BCUT2D eigenvalue weighted by Gasteiger charge is -2.22. The molecular weight excluding hydrogens is 282 g/mol. The van der Waals surface area contributed by atoms with E-state index < -0.39 is 11.5 Å². The number of carbonyl (C=O) groups excluding carboxylic acids is 1. The molecule has 0 unspecified atom stereocenters. The third-order valence-electron chi connectivity index (χ3n) is 3.13. The molecule has 0 saturated heterocycles. The van der Waals surface area contributed by atoms with E-state index in [2.05, 4.69) is 36.1 Å². The summed E-state index contributed by atoms with van der Waals surface area (Å²) in [5, 5.41) is 2.80. The Morgan fingerprint density at radius 3 is 2.59 bits per heavy atom. The highest BCUT2D eigenvalue weighted by Gasteiger charge is 2.19. The Balaban J connectivity index is 2.34. The Kier molecular flexibility index (Phi) is 4.30. The first-order valence-electron chi connectivity index (χ1n) is 6.87. The second-order valence-electron chi connectivity index (χ2n) is 5.89. The number of rotatable bonds is 3. The van der Waals surface area contributed by atoms with E-state index in [1.807, 2.05) is 24.3 Å². The van der Waals surface area contributed by atoms with Gasteiger partial charge >= 0.3 is 0 Å². The summed E-state index contributed by atoms with van der Waals surface area (Å²) in [6.45, 7) is 6.19. The molecule has 1 aromatic heterocycles. The monoisotopic (exact) mass is 301 g/mol. The molecule has 0 atom stereocenters. The van der Waals surface area contributed by atoms with Crippen LogP contribution in [-0.2, 0) is 5.41 Å². The first-order chi connectivity index (χ1) is 10.3. The molecule has 0 spiro atoms. The lowest BCUT2D eigenvalue weighted by Crippen LogP contribution is -2.21. The molecule has 1 aromatic carbocycles. The lowest BCUT2D eigenvalue weighted by molar-refractivity contribution is 0.102. The maximum absolute atomic E-state index is 12.3. The molecule has 0 bridgehead atoms. The fourth-order valence-electron chi connectivity index (χ4n) is 2.08. The number of hydrogen-bond donors (Lipinski definition) is 2. The average Bonchev–Trinajstić information content (AvgIpc) is 2.46. The molecule has 0 aliphatic heterocycles. The van der Waals surface area contributed by atoms with Crippen molar-refractivity contribution < 1.29 is 9.53 Å². The Morgan fingerprint density at radius 2 is 1.95 bits per heavy atom. The third kappa shape index (κ3) is 3.52. The minimum Gasteiger partial charge on any atom is -0.468 e. The van der Waals surface area contributed by atoms with Crippen LogP contribution < -0.4 is 15.6 Å². The van der Waals surface area contributed by atoms with Gasteiger partial charge < -0.3 is 10.1 Å². The van der Waals surface area contributed by atoms with Gasteiger partial charge in [0.1, 0.15) is 5.69 Å². The quantitative estimate of drug-likeness (QED) is 0.911. The zero-order valence-electron chi connectivity index (χ0n) is 13.1. The van der Waals surface area contributed by atoms with E-state index in [9.17, 15) is 9.59 Å². The third-order valence-corrected chi connectivity index (χ3v) is 3.13. The summed E-state index contributed by atoms with van der Waals surface area (Å²) in [5.41, 5.74) is 1.13. The Morgan fingerprint density at radius 1 is 1.27 bits per heavy atom. The molecule has 0 radical (unpaired) electrons. The van der Waals surface area contributed by atoms with Crippen LogP contribution in [0.15, 0.2) is 35.1 Å². The van der Waals surface area contributed by atoms with Crippen LogP contribution in [0.2, 0.25) is 0 Å². The van der Waals surface area contributed by atoms with Gasteiger partial charge in [-0.05, 0) is 17.0 Å². The zero-order chi connectivity index (χ0) is 16.3. The summed E-state index contributed by atoms with van der Waals surface area (Å²) in [6.07, 6.45) is 0. The van der Waals surface area contributed by atoms with Crippen LogP contribution in [0.1, 0.15) is 36.8 Å². The summed E-state index contributed by atoms with van der Waals surface area (Å²) in [7, 11) is 1.37. The van der Waals surface area contributed by atoms with Crippen molar-refractivity contribution in [3.8, 4) is 6.01 Å². The van der Waals surface area contributed by atoms with E-state index >= 15 is 0 Å². The number of carbonyl (C=O) groups is 1. The number of anilines is 1. The number of benzene rings is 1. The summed E-state index contributed by atoms with van der Waals surface area (Å²) < 4.78 is 4.87. The predicted octanol–water partition coefficient (Wildman–Crippen LogP) is 2.33. The van der Waals surface area contributed by atoms with Crippen molar-refractivity contribution in [3.05, 3.63) is 51.9 Å². The minimum atomic E-state index is -0.457. The highest BCUT2D eigenvalue weighted by molar-refractivity contribution is 6.03. The van der Waals surface area contributed by atoms with Crippen LogP contribution >= 0.6 is 0 Å². The van der Waals surface area contributed by atoms with Crippen LogP contribution in [0.5, 0.6) is 6.01 Å². The van der Waals surface area contributed by atoms with Gasteiger partial charge in [-0.3, -0.25) is 14.6 Å². The van der Waals surface area contributed by atoms with E-state index in [-0.39, 0.29) is 17.1 Å². The Hall–Kier alpha value is -2.63. The van der Waals surface area contributed by atoms with Gasteiger partial charge in [0.25, 0.3) is 17.5 Å². The van der Waals surface area contributed by atoms with Gasteiger partial charge in [-0.1, -0.05) is 39.0 Å². The molecule has 22 heavy (non-hydrogen) atoms. The molecule has 2 N–H and O–H groups in total. The molecular formula is C16H19N3O3. The predicted molar refractivity (Wildman–Crippen MR) is 84.5 cm³/mol. The van der Waals surface area contributed by atoms with Gasteiger partial charge in [-0.2, -0.15) is 4.98 Å². The molecule has 1 heterocycles. The van der Waals surface area contributed by atoms with E-state index in [1.165, 1.54) is 7.11 Å². The van der Waals surface area contributed by atoms with Gasteiger partial charge in [0.15, 0.2) is 0 Å². The zero-order valence-corrected chi connectivity index (χ0v) is 13.1. The second-order valence-corrected chi connectivity index (χ2v) is 5.89. The second kappa shape index (κ2) is 6.01. The SMILES string of the molecule is COc1nc(C(=O)Nc2ccccc2C(C)(C)C)cc(=O)[nH]1. The highest BCUT2D eigenvalue weighted by atomic mass is 16.5. The standard InChI is InChI=1S/C16H19N3O3/c1-16(2,3)10-7-5-6-8-11(10)17-14(21)12-9-13(20)19-15(18-12)22-4/h5-9H,1-4H3,(H,17,21)(H,18,19,20). The maximum Gasteiger partial charge on any atom is 0.296 e. The Bertz CT molecular complexity index is 745. The summed E-state index contributed by atoms with van der Waals surface area (Å²) >= 11 is 0. The number of aromatic nitrogens is 2. The van der Waals surface area contributed by atoms with Gasteiger partial charge in [0.05, 0.1) is 7.11 Å². The number of H-pyrrole nitrogens is 1. The molecule has 0 aliphatic carbocycles. The van der Waals surface area contributed by atoms with Crippen molar-refractivity contribution in [2.45, 2.75) is 26.2 Å². The summed E-state index contributed by atoms with van der Waals surface area (Å²) in [4.78, 5) is 30.2. The molecule has 2 aromatic rings. The van der Waals surface area contributed by atoms with Crippen molar-refractivity contribution in [1.29, 1.82) is 0 Å². The van der Waals surface area contributed by atoms with Crippen molar-refractivity contribution in [2.75, 3.05) is 12.4 Å². The van der Waals surface area contributed by atoms with E-state index in [0.29, 0.717) is 5.69 Å². The highest BCUT2D eigenvalue weighted by Crippen LogP contribution is 2.29. The number of para-hydroxylation sites is 1. The number of aromatic amines is 1. The smallest absolute Gasteiger partial charge is 0.296 e. The molecule has 0 saturated carbocycles. The first-order valence-corrected chi connectivity index (χ1v) is 6.87. The lowest BCUT2D eigenvalue weighted by atomic mass is 9.86. The largest absolute Gasteiger partial charge is 0.468 e. The first kappa shape index (κ1) is 15.8. The number of nitrogens with one attached hydrogen (secondary N) is 2. The van der Waals surface area contributed by atoms with E-state index in [4.69, 9.17) is 4.74 Å². The molecule has 116 valence electrons. The van der Waals surface area contributed by atoms with Crippen molar-refractivity contribution in [1.82, 2.24) is 9.97 Å². The molecule has 0 fully saturated rings. The normalized spacial score (nSPS) is 11.1. The number of methoxy groups -OCH3 is 1. The van der Waals surface area contributed by atoms with Crippen LogP contribution in [0.25, 0.3) is 0 Å². The molecule has 6 heteroatoms. The average molecular weight is 301 g/mol. The van der Waals surface area contributed by atoms with Gasteiger partial charge in [0, 0.05) is 11.8 Å². The Labute approximate surface area is 128 Å². The van der Waals surface area contributed by atoms with Gasteiger partial charge in [-0.15, -0.1) is 0 Å². The van der Waals surface area contributed by atoms with Crippen LogP contribution in [-0.4, -0.2) is 23.0 Å². The van der Waals surface area contributed by atoms with Crippen molar-refractivity contribution >= 4 is 11.6 Å². The maximum atomic E-state index is 12.3. The van der Waals surface area contributed by atoms with Crippen molar-refractivity contribution in [2.24, 2.45) is 0 Å². The molecule has 0 aliphatic rings. The van der Waals surface area contributed by atoms with E-state index in [0.717, 1.165) is 11.6 Å².